The predicted molar refractivity (Wildman–Crippen MR) is 123 cm³/mol. The van der Waals surface area contributed by atoms with E-state index in [0.29, 0.717) is 11.3 Å². The Labute approximate surface area is 195 Å². The van der Waals surface area contributed by atoms with Gasteiger partial charge < -0.3 is 0 Å². The molecule has 150 valence electrons. The molecular formula is C25H14Br2N2O2. The molecule has 3 aromatic carbocycles. The summed E-state index contributed by atoms with van der Waals surface area (Å²) in [4.78, 5) is 29.0. The zero-order chi connectivity index (χ0) is 21.5. The Morgan fingerprint density at radius 1 is 0.710 bits per heavy atom. The number of amides is 2. The number of benzene rings is 3. The number of hydrogen-bond donors (Lipinski definition) is 0. The summed E-state index contributed by atoms with van der Waals surface area (Å²) in [7, 11) is 0. The van der Waals surface area contributed by atoms with Gasteiger partial charge in [-0.1, -0.05) is 80.4 Å². The first-order chi connectivity index (χ1) is 14.9. The van der Waals surface area contributed by atoms with E-state index in [1.807, 2.05) is 48.5 Å². The van der Waals surface area contributed by atoms with Gasteiger partial charge >= 0.3 is 0 Å². The molecule has 3 aliphatic carbocycles. The summed E-state index contributed by atoms with van der Waals surface area (Å²) in [6, 6.07) is 24.7. The molecule has 2 atom stereocenters. The van der Waals surface area contributed by atoms with Gasteiger partial charge in [0.15, 0.2) is 0 Å². The molecule has 31 heavy (non-hydrogen) atoms. The van der Waals surface area contributed by atoms with Crippen molar-refractivity contribution in [3.8, 4) is 6.07 Å². The minimum Gasteiger partial charge on any atom is -0.274 e. The zero-order valence-electron chi connectivity index (χ0n) is 16.0. The molecule has 3 aromatic rings. The topological polar surface area (TPSA) is 61.2 Å². The van der Waals surface area contributed by atoms with Gasteiger partial charge in [0.25, 0.3) is 0 Å². The molecule has 4 nitrogen and oxygen atoms in total. The van der Waals surface area contributed by atoms with Gasteiger partial charge in [-0.05, 0) is 46.5 Å². The fraction of sp³-hybridized carbons (Fsp3) is 0.160. The van der Waals surface area contributed by atoms with Gasteiger partial charge in [-0.15, -0.1) is 0 Å². The second-order valence-electron chi connectivity index (χ2n) is 8.14. The van der Waals surface area contributed by atoms with Crippen LogP contribution in [0.4, 0.5) is 5.69 Å². The van der Waals surface area contributed by atoms with Crippen LogP contribution in [0.2, 0.25) is 0 Å². The van der Waals surface area contributed by atoms with Crippen molar-refractivity contribution in [2.45, 2.75) is 8.65 Å². The number of alkyl halides is 2. The third kappa shape index (κ3) is 2.09. The fourth-order valence-corrected chi connectivity index (χ4v) is 7.91. The Hall–Kier alpha value is -2.75. The number of hydrogen-bond acceptors (Lipinski definition) is 3. The van der Waals surface area contributed by atoms with Crippen LogP contribution in [0.5, 0.6) is 0 Å². The number of rotatable bonds is 1. The number of carbonyl (C=O) groups is 2. The number of imide groups is 1. The molecule has 0 radical (unpaired) electrons. The Morgan fingerprint density at radius 2 is 1.10 bits per heavy atom. The highest BCUT2D eigenvalue weighted by Gasteiger charge is 2.72. The van der Waals surface area contributed by atoms with Crippen LogP contribution in [-0.4, -0.2) is 11.8 Å². The quantitative estimate of drug-likeness (QED) is 0.328. The number of nitrogens with zero attached hydrogens (tertiary/aromatic N) is 2. The van der Waals surface area contributed by atoms with E-state index in [2.05, 4.69) is 37.9 Å². The predicted octanol–water partition coefficient (Wildman–Crippen LogP) is 4.97. The van der Waals surface area contributed by atoms with Gasteiger partial charge in [-0.2, -0.15) is 5.26 Å². The summed E-state index contributed by atoms with van der Waals surface area (Å²) in [5.74, 6) is -1.66. The summed E-state index contributed by atoms with van der Waals surface area (Å²) < 4.78 is -1.59. The average molecular weight is 534 g/mol. The van der Waals surface area contributed by atoms with Crippen LogP contribution >= 0.6 is 31.9 Å². The molecule has 1 heterocycles. The van der Waals surface area contributed by atoms with Gasteiger partial charge in [-0.3, -0.25) is 9.59 Å². The Bertz CT molecular complexity index is 1220. The second kappa shape index (κ2) is 6.15. The Morgan fingerprint density at radius 3 is 1.45 bits per heavy atom. The van der Waals surface area contributed by atoms with Crippen LogP contribution in [0.1, 0.15) is 27.8 Å². The van der Waals surface area contributed by atoms with Crippen molar-refractivity contribution in [1.82, 2.24) is 0 Å². The van der Waals surface area contributed by atoms with E-state index in [9.17, 15) is 9.59 Å². The van der Waals surface area contributed by atoms with Crippen LogP contribution in [0, 0.1) is 23.2 Å². The van der Waals surface area contributed by atoms with Crippen molar-refractivity contribution < 1.29 is 9.59 Å². The monoisotopic (exact) mass is 532 g/mol. The Kier molecular flexibility index (Phi) is 3.77. The third-order valence-electron chi connectivity index (χ3n) is 6.84. The lowest BCUT2D eigenvalue weighted by atomic mass is 9.54. The number of halogens is 2. The van der Waals surface area contributed by atoms with Crippen molar-refractivity contribution in [1.29, 1.82) is 5.26 Å². The van der Waals surface area contributed by atoms with Crippen molar-refractivity contribution in [3.05, 3.63) is 101 Å². The molecule has 0 aromatic heterocycles. The molecular weight excluding hydrogens is 520 g/mol. The van der Waals surface area contributed by atoms with Crippen LogP contribution in [0.15, 0.2) is 72.8 Å². The van der Waals surface area contributed by atoms with Gasteiger partial charge in [-0.25, -0.2) is 4.90 Å². The zero-order valence-corrected chi connectivity index (χ0v) is 19.2. The number of anilines is 1. The molecule has 6 heteroatoms. The molecule has 1 aliphatic heterocycles. The molecule has 2 amide bonds. The normalized spacial score (nSPS) is 29.9. The lowest BCUT2D eigenvalue weighted by molar-refractivity contribution is -0.122. The molecule has 1 saturated heterocycles. The summed E-state index contributed by atoms with van der Waals surface area (Å²) in [5.41, 5.74) is 5.01. The van der Waals surface area contributed by atoms with Crippen LogP contribution in [-0.2, 0) is 18.2 Å². The first-order valence-electron chi connectivity index (χ1n) is 9.89. The van der Waals surface area contributed by atoms with Crippen molar-refractivity contribution in [2.75, 3.05) is 4.90 Å². The maximum atomic E-state index is 13.9. The summed E-state index contributed by atoms with van der Waals surface area (Å²) >= 11 is 7.98. The lowest BCUT2D eigenvalue weighted by Crippen LogP contribution is -2.56. The minimum absolute atomic E-state index is 0.232. The van der Waals surface area contributed by atoms with Crippen LogP contribution in [0.3, 0.4) is 0 Å². The van der Waals surface area contributed by atoms with Gasteiger partial charge in [0.2, 0.25) is 11.8 Å². The average Bonchev–Trinajstić information content (AvgIpc) is 3.08. The highest BCUT2D eigenvalue weighted by atomic mass is 79.9. The first kappa shape index (κ1) is 19.0. The van der Waals surface area contributed by atoms with E-state index >= 15 is 0 Å². The van der Waals surface area contributed by atoms with E-state index in [1.165, 1.54) is 4.90 Å². The van der Waals surface area contributed by atoms with Crippen molar-refractivity contribution >= 4 is 49.4 Å². The molecule has 2 bridgehead atoms. The standard InChI is InChI=1S/C25H14Br2N2O2/c26-24-16-5-1-2-6-17(16)25(27,19-8-4-3-7-18(19)24)21-20(24)22(30)29(23(21)31)15-11-9-14(13-28)10-12-15/h1-12,20-21H/t20-,21-,24?,25?/m1/s1. The number of nitriles is 1. The minimum atomic E-state index is -0.797. The summed E-state index contributed by atoms with van der Waals surface area (Å²) in [5, 5.41) is 9.10. The Balaban J connectivity index is 1.63. The molecule has 0 N–H and O–H groups in total. The fourth-order valence-electron chi connectivity index (χ4n) is 5.61. The van der Waals surface area contributed by atoms with E-state index in [1.54, 1.807) is 24.3 Å². The second-order valence-corrected chi connectivity index (χ2v) is 10.6. The maximum absolute atomic E-state index is 13.9. The van der Waals surface area contributed by atoms with Crippen molar-refractivity contribution in [3.63, 3.8) is 0 Å². The van der Waals surface area contributed by atoms with Gasteiger partial charge in [0.1, 0.15) is 0 Å². The summed E-state index contributed by atoms with van der Waals surface area (Å²) in [6.07, 6.45) is 0. The maximum Gasteiger partial charge on any atom is 0.239 e. The highest BCUT2D eigenvalue weighted by Crippen LogP contribution is 2.70. The van der Waals surface area contributed by atoms with E-state index in [4.69, 9.17) is 5.26 Å². The molecule has 7 rings (SSSR count). The van der Waals surface area contributed by atoms with E-state index in [-0.39, 0.29) is 11.8 Å². The van der Waals surface area contributed by atoms with E-state index in [0.717, 1.165) is 22.3 Å². The smallest absolute Gasteiger partial charge is 0.239 e. The van der Waals surface area contributed by atoms with Gasteiger partial charge in [0.05, 0.1) is 37.8 Å². The first-order valence-corrected chi connectivity index (χ1v) is 11.5. The summed E-state index contributed by atoms with van der Waals surface area (Å²) in [6.45, 7) is 0. The number of carbonyl (C=O) groups excluding carboxylic acids is 2. The molecule has 4 aliphatic rings. The highest BCUT2D eigenvalue weighted by molar-refractivity contribution is 9.10. The molecule has 1 fully saturated rings. The molecule has 0 spiro atoms. The SMILES string of the molecule is N#Cc1ccc(N2C(=O)[C@H]3[C@H](C2=O)C2(Br)c4ccccc4C3(Br)c3ccccc32)cc1. The lowest BCUT2D eigenvalue weighted by Gasteiger charge is -2.55. The molecule has 0 saturated carbocycles. The van der Waals surface area contributed by atoms with Gasteiger partial charge in [0, 0.05) is 0 Å². The molecule has 0 unspecified atom stereocenters. The largest absolute Gasteiger partial charge is 0.274 e. The van der Waals surface area contributed by atoms with Crippen molar-refractivity contribution in [2.24, 2.45) is 11.8 Å². The third-order valence-corrected chi connectivity index (χ3v) is 9.54. The van der Waals surface area contributed by atoms with Crippen LogP contribution in [0.25, 0.3) is 0 Å². The van der Waals surface area contributed by atoms with Crippen LogP contribution < -0.4 is 4.90 Å². The van der Waals surface area contributed by atoms with E-state index < -0.39 is 20.5 Å².